The Bertz CT molecular complexity index is 678. The molecule has 1 unspecified atom stereocenters. The van der Waals surface area contributed by atoms with Crippen LogP contribution in [-0.2, 0) is 25.5 Å². The molecule has 0 aliphatic heterocycles. The van der Waals surface area contributed by atoms with Crippen LogP contribution in [0, 0.1) is 0 Å². The van der Waals surface area contributed by atoms with Gasteiger partial charge in [-0.15, -0.1) is 0 Å². The van der Waals surface area contributed by atoms with E-state index in [2.05, 4.69) is 0 Å². The lowest BCUT2D eigenvalue weighted by molar-refractivity contribution is 0.119. The van der Waals surface area contributed by atoms with Crippen molar-refractivity contribution < 1.29 is 17.3 Å². The normalized spacial score (nSPS) is 13.0. The van der Waals surface area contributed by atoms with Gasteiger partial charge in [0.25, 0.3) is 10.1 Å². The fraction of sp³-hybridized carbons (Fsp3) is 0.294. The van der Waals surface area contributed by atoms with Crippen molar-refractivity contribution >= 4 is 10.1 Å². The molecule has 0 bridgehead atoms. The second-order valence-electron chi connectivity index (χ2n) is 4.96. The maximum Gasteiger partial charge on any atom is 0.296 e. The number of hydrogen-bond acceptors (Lipinski definition) is 4. The minimum Gasteiger partial charge on any atom is -0.377 e. The van der Waals surface area contributed by atoms with Crippen LogP contribution in [0.2, 0.25) is 0 Å². The lowest BCUT2D eigenvalue weighted by atomic mass is 10.1. The third-order valence-corrected chi connectivity index (χ3v) is 4.79. The summed E-state index contributed by atoms with van der Waals surface area (Å²) < 4.78 is 34.2. The molecule has 2 rings (SSSR count). The van der Waals surface area contributed by atoms with Gasteiger partial charge in [0.1, 0.15) is 0 Å². The molecule has 5 heteroatoms. The van der Waals surface area contributed by atoms with E-state index in [0.717, 1.165) is 11.1 Å². The number of benzene rings is 2. The van der Waals surface area contributed by atoms with Gasteiger partial charge >= 0.3 is 0 Å². The Hall–Kier alpha value is -1.69. The van der Waals surface area contributed by atoms with Gasteiger partial charge in [-0.25, -0.2) is 0 Å². The van der Waals surface area contributed by atoms with Crippen molar-refractivity contribution in [1.82, 2.24) is 0 Å². The highest BCUT2D eigenvalue weighted by Gasteiger charge is 2.14. The summed E-state index contributed by atoms with van der Waals surface area (Å²) in [7, 11) is -2.01. The smallest absolute Gasteiger partial charge is 0.296 e. The molecule has 0 aliphatic rings. The van der Waals surface area contributed by atoms with Crippen LogP contribution >= 0.6 is 0 Å². The van der Waals surface area contributed by atoms with Gasteiger partial charge in [-0.05, 0) is 36.6 Å². The summed E-state index contributed by atoms with van der Waals surface area (Å²) in [5.74, 6) is 0. The summed E-state index contributed by atoms with van der Waals surface area (Å²) in [6.45, 7) is 2.10. The van der Waals surface area contributed by atoms with Gasteiger partial charge in [0.15, 0.2) is 0 Å². The molecule has 0 saturated heterocycles. The van der Waals surface area contributed by atoms with Crippen LogP contribution in [0.1, 0.15) is 24.2 Å². The molecule has 0 radical (unpaired) electrons. The van der Waals surface area contributed by atoms with E-state index in [9.17, 15) is 8.42 Å². The summed E-state index contributed by atoms with van der Waals surface area (Å²) in [6, 6.07) is 16.0. The van der Waals surface area contributed by atoms with Crippen LogP contribution in [0.3, 0.4) is 0 Å². The van der Waals surface area contributed by atoms with Crippen molar-refractivity contribution in [3.05, 3.63) is 65.7 Å². The van der Waals surface area contributed by atoms with Crippen LogP contribution < -0.4 is 0 Å². The molecule has 2 aromatic rings. The van der Waals surface area contributed by atoms with Gasteiger partial charge in [0, 0.05) is 7.11 Å². The highest BCUT2D eigenvalue weighted by Crippen LogP contribution is 2.17. The first-order chi connectivity index (χ1) is 10.5. The Labute approximate surface area is 131 Å². The van der Waals surface area contributed by atoms with Crippen LogP contribution in [0.5, 0.6) is 0 Å². The Balaban J connectivity index is 1.91. The van der Waals surface area contributed by atoms with Gasteiger partial charge in [-0.3, -0.25) is 4.18 Å². The van der Waals surface area contributed by atoms with Gasteiger partial charge in [-0.2, -0.15) is 8.42 Å². The maximum atomic E-state index is 12.0. The van der Waals surface area contributed by atoms with E-state index < -0.39 is 10.1 Å². The summed E-state index contributed by atoms with van der Waals surface area (Å²) in [4.78, 5) is 0.180. The molecule has 0 saturated carbocycles. The molecule has 1 atom stereocenters. The molecule has 0 N–H and O–H groups in total. The third-order valence-electron chi connectivity index (χ3n) is 3.46. The molecule has 118 valence electrons. The van der Waals surface area contributed by atoms with Crippen molar-refractivity contribution in [3.63, 3.8) is 0 Å². The van der Waals surface area contributed by atoms with Crippen molar-refractivity contribution in [2.45, 2.75) is 24.3 Å². The standard InChI is InChI=1S/C17H20O4S/c1-14(20-2)16-10-8-15(9-11-16)12-13-21-22(18,19)17-6-4-3-5-7-17/h3-11,14H,12-13H2,1-2H3. The fourth-order valence-corrected chi connectivity index (χ4v) is 2.95. The zero-order chi connectivity index (χ0) is 16.0. The first-order valence-electron chi connectivity index (χ1n) is 7.09. The SMILES string of the molecule is COC(C)c1ccc(CCOS(=O)(=O)c2ccccc2)cc1. The summed E-state index contributed by atoms with van der Waals surface area (Å²) in [5.41, 5.74) is 2.11. The van der Waals surface area contributed by atoms with Crippen LogP contribution in [0.15, 0.2) is 59.5 Å². The number of methoxy groups -OCH3 is 1. The zero-order valence-corrected chi connectivity index (χ0v) is 13.5. The lowest BCUT2D eigenvalue weighted by Gasteiger charge is -2.10. The molecular weight excluding hydrogens is 300 g/mol. The molecule has 4 nitrogen and oxygen atoms in total. The second kappa shape index (κ2) is 7.54. The predicted octanol–water partition coefficient (Wildman–Crippen LogP) is 3.34. The number of rotatable bonds is 7. The Kier molecular flexibility index (Phi) is 5.71. The first kappa shape index (κ1) is 16.7. The van der Waals surface area contributed by atoms with Gasteiger partial charge < -0.3 is 4.74 Å². The van der Waals surface area contributed by atoms with E-state index in [1.54, 1.807) is 25.3 Å². The molecule has 0 aliphatic carbocycles. The molecule has 0 fully saturated rings. The monoisotopic (exact) mass is 320 g/mol. The average molecular weight is 320 g/mol. The van der Waals surface area contributed by atoms with Crippen molar-refractivity contribution in [3.8, 4) is 0 Å². The summed E-state index contributed by atoms with van der Waals surface area (Å²) >= 11 is 0. The summed E-state index contributed by atoms with van der Waals surface area (Å²) in [5, 5.41) is 0. The fourth-order valence-electron chi connectivity index (χ4n) is 2.02. The van der Waals surface area contributed by atoms with Crippen molar-refractivity contribution in [1.29, 1.82) is 0 Å². The third kappa shape index (κ3) is 4.40. The van der Waals surface area contributed by atoms with Crippen molar-refractivity contribution in [2.24, 2.45) is 0 Å². The first-order valence-corrected chi connectivity index (χ1v) is 8.50. The minimum atomic E-state index is -3.68. The second-order valence-corrected chi connectivity index (χ2v) is 6.57. The topological polar surface area (TPSA) is 52.6 Å². The molecule has 0 amide bonds. The molecule has 2 aromatic carbocycles. The Morgan fingerprint density at radius 3 is 2.23 bits per heavy atom. The Morgan fingerprint density at radius 2 is 1.64 bits per heavy atom. The number of ether oxygens (including phenoxy) is 1. The molecule has 0 spiro atoms. The molecule has 0 aromatic heterocycles. The van der Waals surface area contributed by atoms with Crippen LogP contribution in [0.25, 0.3) is 0 Å². The van der Waals surface area contributed by atoms with Crippen LogP contribution in [0.4, 0.5) is 0 Å². The minimum absolute atomic E-state index is 0.0451. The molecular formula is C17H20O4S. The van der Waals surface area contributed by atoms with Gasteiger partial charge in [-0.1, -0.05) is 42.5 Å². The van der Waals surface area contributed by atoms with E-state index in [1.165, 1.54) is 12.1 Å². The van der Waals surface area contributed by atoms with Crippen LogP contribution in [-0.4, -0.2) is 22.1 Å². The maximum absolute atomic E-state index is 12.0. The average Bonchev–Trinajstić information content (AvgIpc) is 2.55. The van der Waals surface area contributed by atoms with E-state index in [-0.39, 0.29) is 17.6 Å². The zero-order valence-electron chi connectivity index (χ0n) is 12.7. The Morgan fingerprint density at radius 1 is 1.00 bits per heavy atom. The van der Waals surface area contributed by atoms with E-state index >= 15 is 0 Å². The highest BCUT2D eigenvalue weighted by molar-refractivity contribution is 7.86. The lowest BCUT2D eigenvalue weighted by Crippen LogP contribution is -2.09. The highest BCUT2D eigenvalue weighted by atomic mass is 32.2. The van der Waals surface area contributed by atoms with E-state index in [1.807, 2.05) is 31.2 Å². The predicted molar refractivity (Wildman–Crippen MR) is 85.1 cm³/mol. The van der Waals surface area contributed by atoms with Gasteiger partial charge in [0.2, 0.25) is 0 Å². The van der Waals surface area contributed by atoms with Gasteiger partial charge in [0.05, 0.1) is 17.6 Å². The quantitative estimate of drug-likeness (QED) is 0.734. The molecule has 0 heterocycles. The number of hydrogen-bond donors (Lipinski definition) is 0. The van der Waals surface area contributed by atoms with Crippen molar-refractivity contribution in [2.75, 3.05) is 13.7 Å². The summed E-state index contributed by atoms with van der Waals surface area (Å²) in [6.07, 6.45) is 0.581. The largest absolute Gasteiger partial charge is 0.377 e. The van der Waals surface area contributed by atoms with E-state index in [0.29, 0.717) is 6.42 Å². The van der Waals surface area contributed by atoms with E-state index in [4.69, 9.17) is 8.92 Å². The molecule has 22 heavy (non-hydrogen) atoms.